The third kappa shape index (κ3) is 5.51. The molecule has 5 heteroatoms. The summed E-state index contributed by atoms with van der Waals surface area (Å²) < 4.78 is 0. The molecule has 1 aromatic carbocycles. The van der Waals surface area contributed by atoms with Crippen LogP contribution in [0.1, 0.15) is 32.8 Å². The maximum Gasteiger partial charge on any atom is 0.224 e. The quantitative estimate of drug-likeness (QED) is 0.776. The van der Waals surface area contributed by atoms with Gasteiger partial charge in [-0.3, -0.25) is 4.79 Å². The Morgan fingerprint density at radius 3 is 2.40 bits per heavy atom. The molecule has 112 valence electrons. The van der Waals surface area contributed by atoms with Gasteiger partial charge in [0.2, 0.25) is 5.91 Å². The van der Waals surface area contributed by atoms with Crippen molar-refractivity contribution in [1.82, 2.24) is 5.32 Å². The number of hydrogen-bond donors (Lipinski definition) is 1. The third-order valence-electron chi connectivity index (χ3n) is 3.13. The molecule has 0 aliphatic rings. The fourth-order valence-electron chi connectivity index (χ4n) is 1.91. The molecule has 0 aliphatic heterocycles. The lowest BCUT2D eigenvalue weighted by molar-refractivity contribution is -0.121. The minimum absolute atomic E-state index is 0.0256. The van der Waals surface area contributed by atoms with E-state index in [1.165, 1.54) is 0 Å². The monoisotopic (exact) mass is 335 g/mol. The Morgan fingerprint density at radius 2 is 1.90 bits per heavy atom. The highest BCUT2D eigenvalue weighted by atomic mass is 35.5. The van der Waals surface area contributed by atoms with E-state index in [9.17, 15) is 4.79 Å². The van der Waals surface area contributed by atoms with Gasteiger partial charge in [-0.05, 0) is 29.5 Å². The highest BCUT2D eigenvalue weighted by Gasteiger charge is 2.25. The number of alkyl halides is 1. The summed E-state index contributed by atoms with van der Waals surface area (Å²) in [5.74, 6) is 0.489. The topological polar surface area (TPSA) is 29.1 Å². The van der Waals surface area contributed by atoms with Crippen molar-refractivity contribution in [2.45, 2.75) is 39.7 Å². The largest absolute Gasteiger partial charge is 0.353 e. The first-order chi connectivity index (χ1) is 9.24. The normalized spacial score (nSPS) is 13.1. The minimum Gasteiger partial charge on any atom is -0.353 e. The Labute approximate surface area is 135 Å². The van der Waals surface area contributed by atoms with Gasteiger partial charge >= 0.3 is 0 Å². The molecule has 2 nitrogen and oxygen atoms in total. The summed E-state index contributed by atoms with van der Waals surface area (Å²) in [6, 6.07) is 5.28. The van der Waals surface area contributed by atoms with Crippen LogP contribution in [0.3, 0.4) is 0 Å². The Kier molecular flexibility index (Phi) is 6.63. The number of benzene rings is 1. The lowest BCUT2D eigenvalue weighted by Crippen LogP contribution is -2.44. The van der Waals surface area contributed by atoms with Crippen LogP contribution in [-0.4, -0.2) is 17.8 Å². The molecule has 20 heavy (non-hydrogen) atoms. The smallest absolute Gasteiger partial charge is 0.224 e. The SMILES string of the molecule is CC(C)(C)C(CCCl)NC(=O)Cc1ccc(Cl)c(Cl)c1. The van der Waals surface area contributed by atoms with E-state index in [0.29, 0.717) is 15.9 Å². The molecular weight excluding hydrogens is 317 g/mol. The summed E-state index contributed by atoms with van der Waals surface area (Å²) >= 11 is 17.6. The second-order valence-corrected chi connectivity index (χ2v) is 7.08. The van der Waals surface area contributed by atoms with Crippen LogP contribution in [0.4, 0.5) is 0 Å². The number of rotatable bonds is 5. The lowest BCUT2D eigenvalue weighted by Gasteiger charge is -2.31. The number of hydrogen-bond acceptors (Lipinski definition) is 1. The zero-order chi connectivity index (χ0) is 15.3. The number of amides is 1. The van der Waals surface area contributed by atoms with Crippen LogP contribution in [0.15, 0.2) is 18.2 Å². The molecule has 1 rings (SSSR count). The lowest BCUT2D eigenvalue weighted by atomic mass is 9.85. The molecule has 0 saturated carbocycles. The van der Waals surface area contributed by atoms with Gasteiger partial charge in [0.1, 0.15) is 0 Å². The first-order valence-corrected chi connectivity index (χ1v) is 7.82. The van der Waals surface area contributed by atoms with Crippen molar-refractivity contribution in [2.75, 3.05) is 5.88 Å². The van der Waals surface area contributed by atoms with Gasteiger partial charge in [-0.1, -0.05) is 50.0 Å². The summed E-state index contributed by atoms with van der Waals surface area (Å²) in [6.07, 6.45) is 1.03. The minimum atomic E-state index is -0.0339. The van der Waals surface area contributed by atoms with E-state index in [-0.39, 0.29) is 23.8 Å². The predicted octanol–water partition coefficient (Wildman–Crippen LogP) is 4.70. The van der Waals surface area contributed by atoms with Crippen molar-refractivity contribution in [3.8, 4) is 0 Å². The molecule has 1 atom stereocenters. The highest BCUT2D eigenvalue weighted by Crippen LogP contribution is 2.24. The van der Waals surface area contributed by atoms with Crippen molar-refractivity contribution in [1.29, 1.82) is 0 Å². The molecule has 0 saturated heterocycles. The van der Waals surface area contributed by atoms with Gasteiger partial charge in [0.15, 0.2) is 0 Å². The third-order valence-corrected chi connectivity index (χ3v) is 4.08. The number of halogens is 3. The molecule has 0 bridgehead atoms. The van der Waals surface area contributed by atoms with Gasteiger partial charge in [0.25, 0.3) is 0 Å². The zero-order valence-corrected chi connectivity index (χ0v) is 14.2. The van der Waals surface area contributed by atoms with Crippen LogP contribution in [0, 0.1) is 5.41 Å². The molecule has 1 N–H and O–H groups in total. The maximum absolute atomic E-state index is 12.1. The van der Waals surface area contributed by atoms with Crippen molar-refractivity contribution >= 4 is 40.7 Å². The molecule has 0 aromatic heterocycles. The van der Waals surface area contributed by atoms with Crippen molar-refractivity contribution in [2.24, 2.45) is 5.41 Å². The van der Waals surface area contributed by atoms with E-state index in [0.717, 1.165) is 12.0 Å². The number of carbonyl (C=O) groups excluding carboxylic acids is 1. The molecule has 0 radical (unpaired) electrons. The first kappa shape index (κ1) is 17.6. The first-order valence-electron chi connectivity index (χ1n) is 6.53. The Morgan fingerprint density at radius 1 is 1.25 bits per heavy atom. The molecule has 0 fully saturated rings. The van der Waals surface area contributed by atoms with Crippen LogP contribution in [0.25, 0.3) is 0 Å². The van der Waals surface area contributed by atoms with E-state index in [1.807, 2.05) is 0 Å². The van der Waals surface area contributed by atoms with Crippen molar-refractivity contribution < 1.29 is 4.79 Å². The van der Waals surface area contributed by atoms with E-state index in [1.54, 1.807) is 18.2 Å². The molecule has 0 spiro atoms. The van der Waals surface area contributed by atoms with E-state index in [2.05, 4.69) is 26.1 Å². The predicted molar refractivity (Wildman–Crippen MR) is 86.9 cm³/mol. The van der Waals surface area contributed by atoms with Gasteiger partial charge in [0.05, 0.1) is 16.5 Å². The van der Waals surface area contributed by atoms with Crippen LogP contribution in [-0.2, 0) is 11.2 Å². The Hall–Kier alpha value is -0.440. The van der Waals surface area contributed by atoms with Gasteiger partial charge in [-0.25, -0.2) is 0 Å². The second-order valence-electron chi connectivity index (χ2n) is 5.89. The van der Waals surface area contributed by atoms with Crippen LogP contribution >= 0.6 is 34.8 Å². The van der Waals surface area contributed by atoms with Crippen LogP contribution in [0.2, 0.25) is 10.0 Å². The highest BCUT2D eigenvalue weighted by molar-refractivity contribution is 6.42. The van der Waals surface area contributed by atoms with Crippen molar-refractivity contribution in [3.63, 3.8) is 0 Å². The molecule has 0 aliphatic carbocycles. The van der Waals surface area contributed by atoms with Crippen molar-refractivity contribution in [3.05, 3.63) is 33.8 Å². The molecule has 1 amide bonds. The van der Waals surface area contributed by atoms with Gasteiger partial charge in [0, 0.05) is 11.9 Å². The maximum atomic E-state index is 12.1. The van der Waals surface area contributed by atoms with Gasteiger partial charge in [-0.2, -0.15) is 0 Å². The Balaban J connectivity index is 2.68. The second kappa shape index (κ2) is 7.53. The molecule has 1 unspecified atom stereocenters. The molecule has 0 heterocycles. The average molecular weight is 337 g/mol. The molecule has 1 aromatic rings. The molecular formula is C15H20Cl3NO. The van der Waals surface area contributed by atoms with Crippen LogP contribution in [0.5, 0.6) is 0 Å². The Bertz CT molecular complexity index is 469. The van der Waals surface area contributed by atoms with Crippen LogP contribution < -0.4 is 5.32 Å². The zero-order valence-electron chi connectivity index (χ0n) is 12.0. The van der Waals surface area contributed by atoms with Gasteiger partial charge in [-0.15, -0.1) is 11.6 Å². The van der Waals surface area contributed by atoms with E-state index < -0.39 is 0 Å². The summed E-state index contributed by atoms with van der Waals surface area (Å²) in [4.78, 5) is 12.1. The average Bonchev–Trinajstić information content (AvgIpc) is 2.32. The fraction of sp³-hybridized carbons (Fsp3) is 0.533. The summed E-state index contributed by atoms with van der Waals surface area (Å²) in [6.45, 7) is 6.26. The number of carbonyl (C=O) groups is 1. The van der Waals surface area contributed by atoms with E-state index in [4.69, 9.17) is 34.8 Å². The van der Waals surface area contributed by atoms with E-state index >= 15 is 0 Å². The van der Waals surface area contributed by atoms with Gasteiger partial charge < -0.3 is 5.32 Å². The number of nitrogens with one attached hydrogen (secondary N) is 1. The fourth-order valence-corrected chi connectivity index (χ4v) is 2.45. The summed E-state index contributed by atoms with van der Waals surface area (Å²) in [5, 5.41) is 4.00. The summed E-state index contributed by atoms with van der Waals surface area (Å²) in [7, 11) is 0. The summed E-state index contributed by atoms with van der Waals surface area (Å²) in [5.41, 5.74) is 0.817. The standard InChI is InChI=1S/C15H20Cl3NO/c1-15(2,3)13(6-7-16)19-14(20)9-10-4-5-11(17)12(18)8-10/h4-5,8,13H,6-7,9H2,1-3H3,(H,19,20).